The molecule has 0 saturated carbocycles. The summed E-state index contributed by atoms with van der Waals surface area (Å²) in [5.74, 6) is 0. The van der Waals surface area contributed by atoms with E-state index in [1.165, 1.54) is 337 Å². The van der Waals surface area contributed by atoms with Crippen molar-refractivity contribution in [2.45, 2.75) is 149 Å². The molecule has 734 valence electrons. The lowest BCUT2D eigenvalue weighted by molar-refractivity contribution is 0.332. The predicted molar refractivity (Wildman–Crippen MR) is 640 cm³/mol. The number of nitrogens with zero attached hydrogens (tertiary/aromatic N) is 10. The molecule has 0 radical (unpaired) electrons. The Morgan fingerprint density at radius 2 is 0.368 bits per heavy atom. The number of hydrogen-bond donors (Lipinski definition) is 0. The average Bonchev–Trinajstić information content (AvgIpc) is 1.06. The highest BCUT2D eigenvalue weighted by atomic mass is 15.1. The van der Waals surface area contributed by atoms with Gasteiger partial charge in [-0.25, -0.2) is 0 Å². The number of anilines is 10. The first-order chi connectivity index (χ1) is 68.9. The minimum Gasteiger partial charge on any atom is -0.377 e. The Morgan fingerprint density at radius 1 is 0.167 bits per heavy atom. The smallest absolute Gasteiger partial charge is 0.0447 e. The summed E-state index contributed by atoms with van der Waals surface area (Å²) in [7, 11) is 43.1. The van der Waals surface area contributed by atoms with Crippen LogP contribution in [0.5, 0.6) is 0 Å². The van der Waals surface area contributed by atoms with Crippen molar-refractivity contribution in [2.75, 3.05) is 190 Å². The van der Waals surface area contributed by atoms with Gasteiger partial charge in [0.25, 0.3) is 0 Å². The number of fused-ring (bicyclic) bond motifs is 31. The van der Waals surface area contributed by atoms with Crippen molar-refractivity contribution in [3.8, 4) is 0 Å². The van der Waals surface area contributed by atoms with Crippen LogP contribution in [0.25, 0.3) is 162 Å². The van der Waals surface area contributed by atoms with Crippen LogP contribution < -0.4 is 49.0 Å². The van der Waals surface area contributed by atoms with Gasteiger partial charge in [-0.2, -0.15) is 0 Å². The molecule has 0 unspecified atom stereocenters. The van der Waals surface area contributed by atoms with Crippen molar-refractivity contribution in [3.63, 3.8) is 0 Å². The molecule has 0 N–H and O–H groups in total. The second kappa shape index (κ2) is 37.2. The standard InChI is InChI=1S/C30H36N2.C27H30N2.2C26H28N2.C25H26N2/c1-29(2)13-14-30(3,4)26-16-24-21(15-25(26)29)23-18-27(31(5)6)20-12-10-9-11-19(20)22(23)17-28(24)32(7)8;1-27(2)15-17-11-21-23-14-25(28(3)4)20-10-8-7-9-19(20)22(23)13-26(29(5)6)24(21)12-18(17)16-27;1-27(2)25-16-23-21-13-17-9-5-6-10-18(17)14-24(21)26(28(3)4)15-22(23)19-11-7-8-12-20(19)25;1-27(2)24-16-23-22(19-11-7-8-12-20(19)24)15-25(28(3)4)21-14-13-17-9-5-6-10-18(17)26(21)23;1-26(2)24-15-22-20-12-16-8-7-9-17(16)13-23(20)25(27(3)4)14-21(22)18-10-5-6-11-19(18)24/h9-12,15-18H,13-14H2,1-8H3;7-14H,15-16H2,1-6H3;2*7-8,11-16H,5-6,9-10H2,1-4H3;5-6,10-15H,7-9H2,1-4H3. The maximum Gasteiger partial charge on any atom is 0.0447 e. The van der Waals surface area contributed by atoms with Gasteiger partial charge in [-0.05, 0) is 367 Å². The first-order valence-corrected chi connectivity index (χ1v) is 52.9. The number of rotatable bonds is 10. The summed E-state index contributed by atoms with van der Waals surface area (Å²) < 4.78 is 0. The van der Waals surface area contributed by atoms with Crippen LogP contribution >= 0.6 is 0 Å². The first kappa shape index (κ1) is 96.4. The molecule has 0 spiro atoms. The van der Waals surface area contributed by atoms with Gasteiger partial charge in [0.15, 0.2) is 0 Å². The number of aryl methyl sites for hydroxylation is 6. The van der Waals surface area contributed by atoms with Crippen LogP contribution in [0, 0.1) is 5.41 Å². The van der Waals surface area contributed by atoms with Crippen LogP contribution in [-0.4, -0.2) is 141 Å². The van der Waals surface area contributed by atoms with Crippen molar-refractivity contribution >= 4 is 218 Å². The lowest BCUT2D eigenvalue weighted by atomic mass is 9.62. The van der Waals surface area contributed by atoms with E-state index in [4.69, 9.17) is 0 Å². The molecule has 5 aliphatic carbocycles. The highest BCUT2D eigenvalue weighted by molar-refractivity contribution is 6.30. The molecule has 0 aliphatic heterocycles. The Labute approximate surface area is 855 Å². The summed E-state index contributed by atoms with van der Waals surface area (Å²) in [6, 6.07) is 92.8. The van der Waals surface area contributed by atoms with Gasteiger partial charge >= 0.3 is 0 Å². The Hall–Kier alpha value is -13.7. The van der Waals surface area contributed by atoms with Crippen molar-refractivity contribution < 1.29 is 0 Å². The Kier molecular flexibility index (Phi) is 24.9. The molecule has 0 amide bonds. The molecule has 0 atom stereocenters. The first-order valence-electron chi connectivity index (χ1n) is 52.9. The minimum atomic E-state index is 0.195. The summed E-state index contributed by atoms with van der Waals surface area (Å²) in [4.78, 5) is 22.6. The molecule has 0 heterocycles. The third-order valence-corrected chi connectivity index (χ3v) is 33.3. The van der Waals surface area contributed by atoms with Gasteiger partial charge in [0.05, 0.1) is 0 Å². The lowest BCUT2D eigenvalue weighted by Gasteiger charge is -2.42. The van der Waals surface area contributed by atoms with Crippen molar-refractivity contribution in [3.05, 3.63) is 298 Å². The van der Waals surface area contributed by atoms with Crippen LogP contribution in [0.2, 0.25) is 0 Å². The molecule has 0 bridgehead atoms. The molecule has 5 aliphatic rings. The SMILES string of the molecule is CN(C)c1cc2c(cc(N(C)C)c3ccc4c(c32)CCCC4)c2ccccc12.CN(C)c1cc2c3cc4c(cc3c(N(C)C)cc2c2ccccc12)C(C)(C)CCC4(C)C.CN(C)c1cc2c3cc4c(cc3c(N(C)C)cc2c2ccccc12)CC(C)(C)C4.CN(C)c1cc2c3cc4c(cc3c(N(C)C)cc2c2ccccc12)CCC4.CN(C)c1cc2c3cc4c(cc3c(N(C)C)cc2c2ccccc12)CCCC4. The zero-order valence-electron chi connectivity index (χ0n) is 90.7. The maximum atomic E-state index is 2.54. The van der Waals surface area contributed by atoms with E-state index in [0.717, 1.165) is 0 Å². The molecular weight excluding hydrogens is 1750 g/mol. The zero-order valence-corrected chi connectivity index (χ0v) is 90.7. The average molecular weight is 1900 g/mol. The van der Waals surface area contributed by atoms with Crippen LogP contribution in [0.4, 0.5) is 56.9 Å². The number of benzene rings is 20. The van der Waals surface area contributed by atoms with Crippen molar-refractivity contribution in [1.29, 1.82) is 0 Å². The van der Waals surface area contributed by atoms with E-state index < -0.39 is 0 Å². The fraction of sp³-hybridized carbons (Fsp3) is 0.328. The Bertz CT molecular complexity index is 8590. The van der Waals surface area contributed by atoms with Gasteiger partial charge < -0.3 is 49.0 Å². The third kappa shape index (κ3) is 16.8. The minimum absolute atomic E-state index is 0.195. The molecule has 20 aromatic carbocycles. The van der Waals surface area contributed by atoms with E-state index in [-0.39, 0.29) is 10.8 Å². The summed E-state index contributed by atoms with van der Waals surface area (Å²) >= 11 is 0. The lowest BCUT2D eigenvalue weighted by Crippen LogP contribution is -2.33. The molecule has 25 rings (SSSR count). The molecular formula is C134H148N10. The van der Waals surface area contributed by atoms with Crippen molar-refractivity contribution in [1.82, 2.24) is 0 Å². The second-order valence-corrected chi connectivity index (χ2v) is 46.7. The highest BCUT2D eigenvalue weighted by Gasteiger charge is 2.39. The van der Waals surface area contributed by atoms with E-state index in [9.17, 15) is 0 Å². The fourth-order valence-corrected chi connectivity index (χ4v) is 25.8. The molecule has 20 aromatic rings. The molecule has 0 aromatic heterocycles. The number of hydrogen-bond acceptors (Lipinski definition) is 10. The van der Waals surface area contributed by atoms with Gasteiger partial charge in [0.2, 0.25) is 0 Å². The van der Waals surface area contributed by atoms with Crippen LogP contribution in [0.15, 0.2) is 243 Å². The van der Waals surface area contributed by atoms with Gasteiger partial charge in [-0.15, -0.1) is 0 Å². The maximum absolute atomic E-state index is 2.54. The summed E-state index contributed by atoms with van der Waals surface area (Å²) in [6.07, 6.45) is 18.6. The van der Waals surface area contributed by atoms with Gasteiger partial charge in [0.1, 0.15) is 0 Å². The Balaban J connectivity index is 0.000000106. The summed E-state index contributed by atoms with van der Waals surface area (Å²) in [5.41, 5.74) is 29.2. The largest absolute Gasteiger partial charge is 0.377 e. The normalized spacial score (nSPS) is 14.8. The second-order valence-electron chi connectivity index (χ2n) is 46.7. The van der Waals surface area contributed by atoms with Gasteiger partial charge in [0, 0.05) is 252 Å². The summed E-state index contributed by atoms with van der Waals surface area (Å²) in [5, 5.41) is 40.9. The van der Waals surface area contributed by atoms with Gasteiger partial charge in [-0.1, -0.05) is 193 Å². The third-order valence-electron chi connectivity index (χ3n) is 33.3. The quantitative estimate of drug-likeness (QED) is 0.124. The van der Waals surface area contributed by atoms with E-state index >= 15 is 0 Å². The molecule has 10 heteroatoms. The summed E-state index contributed by atoms with van der Waals surface area (Å²) in [6.45, 7) is 14.5. The topological polar surface area (TPSA) is 32.4 Å². The van der Waals surface area contributed by atoms with Crippen LogP contribution in [0.3, 0.4) is 0 Å². The predicted octanol–water partition coefficient (Wildman–Crippen LogP) is 32.1. The van der Waals surface area contributed by atoms with E-state index in [1.807, 2.05) is 0 Å². The Morgan fingerprint density at radius 3 is 0.674 bits per heavy atom. The van der Waals surface area contributed by atoms with Crippen LogP contribution in [-0.2, 0) is 62.2 Å². The van der Waals surface area contributed by atoms with E-state index in [1.54, 1.807) is 33.4 Å². The molecule has 144 heavy (non-hydrogen) atoms. The van der Waals surface area contributed by atoms with Crippen molar-refractivity contribution in [2.24, 2.45) is 5.41 Å². The van der Waals surface area contributed by atoms with E-state index in [2.05, 4.69) is 474 Å². The fourth-order valence-electron chi connectivity index (χ4n) is 25.8. The van der Waals surface area contributed by atoms with Gasteiger partial charge in [-0.3, -0.25) is 0 Å². The van der Waals surface area contributed by atoms with Crippen LogP contribution in [0.1, 0.15) is 142 Å². The van der Waals surface area contributed by atoms with E-state index in [0.29, 0.717) is 5.41 Å². The zero-order chi connectivity index (χ0) is 101. The highest BCUT2D eigenvalue weighted by Crippen LogP contribution is 2.54. The monoisotopic (exact) mass is 1900 g/mol. The molecule has 0 fully saturated rings. The molecule has 0 saturated heterocycles. The molecule has 10 nitrogen and oxygen atoms in total.